The van der Waals surface area contributed by atoms with Crippen molar-refractivity contribution in [2.75, 3.05) is 78.3 Å². The minimum absolute atomic E-state index is 0.0315. The molecule has 0 saturated carbocycles. The predicted octanol–water partition coefficient (Wildman–Crippen LogP) is 3.15. The molecule has 40 heavy (non-hydrogen) atoms. The van der Waals surface area contributed by atoms with Gasteiger partial charge in [0.05, 0.1) is 44.3 Å². The predicted molar refractivity (Wildman–Crippen MR) is 155 cm³/mol. The zero-order valence-corrected chi connectivity index (χ0v) is 23.8. The lowest BCUT2D eigenvalue weighted by molar-refractivity contribution is -0.0856. The van der Waals surface area contributed by atoms with Gasteiger partial charge < -0.3 is 43.7 Å². The first-order valence-corrected chi connectivity index (χ1v) is 14.1. The molecule has 2 N–H and O–H groups in total. The molecule has 1 saturated heterocycles. The van der Waals surface area contributed by atoms with Crippen molar-refractivity contribution in [3.63, 3.8) is 0 Å². The third kappa shape index (κ3) is 8.42. The van der Waals surface area contributed by atoms with Crippen molar-refractivity contribution in [2.24, 2.45) is 0 Å². The lowest BCUT2D eigenvalue weighted by atomic mass is 9.85. The zero-order valence-electron chi connectivity index (χ0n) is 23.8. The van der Waals surface area contributed by atoms with Crippen molar-refractivity contribution in [3.05, 3.63) is 66.2 Å². The van der Waals surface area contributed by atoms with Gasteiger partial charge in [0.15, 0.2) is 0 Å². The van der Waals surface area contributed by atoms with Crippen molar-refractivity contribution in [3.8, 4) is 11.5 Å². The summed E-state index contributed by atoms with van der Waals surface area (Å²) < 4.78 is 34.7. The molecule has 0 bridgehead atoms. The van der Waals surface area contributed by atoms with Crippen LogP contribution in [0, 0.1) is 0 Å². The van der Waals surface area contributed by atoms with Gasteiger partial charge in [-0.25, -0.2) is 0 Å². The Morgan fingerprint density at radius 1 is 1.07 bits per heavy atom. The van der Waals surface area contributed by atoms with Gasteiger partial charge in [-0.3, -0.25) is 0 Å². The van der Waals surface area contributed by atoms with Crippen LogP contribution < -0.4 is 19.7 Å². The Morgan fingerprint density at radius 3 is 2.62 bits per heavy atom. The fourth-order valence-corrected chi connectivity index (χ4v) is 5.28. The molecule has 2 aliphatic heterocycles. The second-order valence-electron chi connectivity index (χ2n) is 10.2. The number of hydrogen-bond acceptors (Lipinski definition) is 9. The number of fused-ring (bicyclic) bond motifs is 1. The summed E-state index contributed by atoms with van der Waals surface area (Å²) in [7, 11) is 3.30. The summed E-state index contributed by atoms with van der Waals surface area (Å²) in [6.07, 6.45) is 1.68. The van der Waals surface area contributed by atoms with Gasteiger partial charge in [0.2, 0.25) is 0 Å². The fraction of sp³-hybridized carbons (Fsp3) is 0.548. The summed E-state index contributed by atoms with van der Waals surface area (Å²) in [6, 6.07) is 14.4. The molecule has 4 atom stereocenters. The Labute approximate surface area is 238 Å². The molecule has 0 spiro atoms. The summed E-state index contributed by atoms with van der Waals surface area (Å²) >= 11 is 0. The third-order valence-electron chi connectivity index (χ3n) is 7.21. The number of nitrogens with zero attached hydrogens (tertiary/aromatic N) is 1. The molecule has 9 nitrogen and oxygen atoms in total. The number of aliphatic hydroxyl groups excluding tert-OH is 1. The minimum Gasteiger partial charge on any atom is -0.490 e. The maximum Gasteiger partial charge on any atom is 0.142 e. The van der Waals surface area contributed by atoms with Gasteiger partial charge >= 0.3 is 0 Å². The Kier molecular flexibility index (Phi) is 12.1. The molecule has 2 aromatic rings. The molecular weight excluding hydrogens is 512 g/mol. The van der Waals surface area contributed by atoms with Crippen molar-refractivity contribution in [1.29, 1.82) is 0 Å². The average Bonchev–Trinajstić information content (AvgIpc) is 2.98. The molecule has 9 heteroatoms. The lowest BCUT2D eigenvalue weighted by Crippen LogP contribution is -2.51. The number of rotatable bonds is 16. The highest BCUT2D eigenvalue weighted by Gasteiger charge is 2.36. The highest BCUT2D eigenvalue weighted by atomic mass is 16.5. The van der Waals surface area contributed by atoms with Crippen LogP contribution in [0.25, 0.3) is 0 Å². The molecule has 2 aromatic carbocycles. The molecule has 2 unspecified atom stereocenters. The number of anilines is 1. The number of nitrogens with one attached hydrogen (secondary N) is 1. The summed E-state index contributed by atoms with van der Waals surface area (Å²) in [5, 5.41) is 13.7. The molecule has 0 aromatic heterocycles. The van der Waals surface area contributed by atoms with E-state index in [1.54, 1.807) is 20.3 Å². The molecule has 1 fully saturated rings. The largest absolute Gasteiger partial charge is 0.490 e. The van der Waals surface area contributed by atoms with Crippen LogP contribution in [0.4, 0.5) is 5.69 Å². The van der Waals surface area contributed by atoms with Gasteiger partial charge in [-0.15, -0.1) is 0 Å². The fourth-order valence-electron chi connectivity index (χ4n) is 5.28. The van der Waals surface area contributed by atoms with E-state index in [9.17, 15) is 5.11 Å². The topological polar surface area (TPSA) is 90.9 Å². The van der Waals surface area contributed by atoms with Crippen LogP contribution >= 0.6 is 0 Å². The summed E-state index contributed by atoms with van der Waals surface area (Å²) in [5.41, 5.74) is 3.29. The maximum atomic E-state index is 10.2. The first-order valence-electron chi connectivity index (χ1n) is 14.1. The average molecular weight is 557 g/mol. The van der Waals surface area contributed by atoms with Crippen LogP contribution in [0.2, 0.25) is 0 Å². The molecule has 220 valence electrons. The van der Waals surface area contributed by atoms with Gasteiger partial charge in [0.1, 0.15) is 30.8 Å². The zero-order chi connectivity index (χ0) is 28.2. The van der Waals surface area contributed by atoms with Crippen LogP contribution in [-0.2, 0) is 25.6 Å². The number of methoxy groups -OCH3 is 2. The van der Waals surface area contributed by atoms with Gasteiger partial charge in [0, 0.05) is 46.4 Å². The number of benzene rings is 2. The summed E-state index contributed by atoms with van der Waals surface area (Å²) in [5.74, 6) is 1.66. The highest BCUT2D eigenvalue weighted by Crippen LogP contribution is 2.35. The quantitative estimate of drug-likeness (QED) is 0.239. The van der Waals surface area contributed by atoms with E-state index in [4.69, 9.17) is 28.4 Å². The van der Waals surface area contributed by atoms with Gasteiger partial charge in [0.25, 0.3) is 0 Å². The Morgan fingerprint density at radius 2 is 1.88 bits per heavy atom. The van der Waals surface area contributed by atoms with E-state index in [-0.39, 0.29) is 31.3 Å². The van der Waals surface area contributed by atoms with E-state index in [1.165, 1.54) is 0 Å². The first kappa shape index (κ1) is 30.3. The number of aliphatic hydroxyl groups is 1. The molecule has 2 heterocycles. The van der Waals surface area contributed by atoms with E-state index < -0.39 is 6.10 Å². The van der Waals surface area contributed by atoms with Crippen LogP contribution in [0.1, 0.15) is 23.5 Å². The van der Waals surface area contributed by atoms with E-state index in [2.05, 4.69) is 41.1 Å². The Bertz CT molecular complexity index is 1030. The molecule has 4 rings (SSSR count). The molecule has 2 aliphatic rings. The number of piperidine rings is 1. The number of ether oxygens (including phenoxy) is 6. The van der Waals surface area contributed by atoms with Crippen molar-refractivity contribution in [1.82, 2.24) is 5.32 Å². The van der Waals surface area contributed by atoms with E-state index in [0.717, 1.165) is 54.4 Å². The lowest BCUT2D eigenvalue weighted by Gasteiger charge is -2.39. The SMILES string of the molecule is C=CCOc1ccc(C2C(OCc3ccc4c(c3)N(CCCOC)CCO4)CNC[C@H]2OC[C@H](O)COC)cc1. The van der Waals surface area contributed by atoms with E-state index >= 15 is 0 Å². The smallest absolute Gasteiger partial charge is 0.142 e. The van der Waals surface area contributed by atoms with Crippen molar-refractivity contribution in [2.45, 2.75) is 37.3 Å². The van der Waals surface area contributed by atoms with Crippen molar-refractivity contribution >= 4 is 5.69 Å². The standard InChI is InChI=1S/C31H44N2O7/c1-4-14-37-26-9-7-24(8-10-26)31-29(18-32-19-30(31)40-22-25(34)21-36-3)39-20-23-6-11-28-27(17-23)33(13-16-38-28)12-5-15-35-2/h4,6-11,17,25,29-32,34H,1,5,12-16,18-22H2,2-3H3/t25-,29?,30-,31?/m1/s1. The maximum absolute atomic E-state index is 10.2. The van der Waals surface area contributed by atoms with Crippen LogP contribution in [0.5, 0.6) is 11.5 Å². The Balaban J connectivity index is 1.48. The minimum atomic E-state index is -0.689. The van der Waals surface area contributed by atoms with Crippen molar-refractivity contribution < 1.29 is 33.5 Å². The van der Waals surface area contributed by atoms with E-state index in [1.807, 2.05) is 18.2 Å². The van der Waals surface area contributed by atoms with Crippen LogP contribution in [0.3, 0.4) is 0 Å². The second-order valence-corrected chi connectivity index (χ2v) is 10.2. The molecule has 0 amide bonds. The molecular formula is C31H44N2O7. The van der Waals surface area contributed by atoms with Crippen LogP contribution in [-0.4, -0.2) is 96.9 Å². The third-order valence-corrected chi connectivity index (χ3v) is 7.21. The monoisotopic (exact) mass is 556 g/mol. The normalized spacial score (nSPS) is 21.4. The summed E-state index contributed by atoms with van der Waals surface area (Å²) in [4.78, 5) is 2.36. The van der Waals surface area contributed by atoms with Gasteiger partial charge in [-0.1, -0.05) is 30.9 Å². The van der Waals surface area contributed by atoms with E-state index in [0.29, 0.717) is 32.9 Å². The molecule has 0 radical (unpaired) electrons. The Hall–Kier alpha value is -2.66. The second kappa shape index (κ2) is 16.0. The first-order chi connectivity index (χ1) is 19.6. The highest BCUT2D eigenvalue weighted by molar-refractivity contribution is 5.61. The summed E-state index contributed by atoms with van der Waals surface area (Å²) in [6.45, 7) is 9.59. The van der Waals surface area contributed by atoms with Gasteiger partial charge in [-0.05, 0) is 41.8 Å². The van der Waals surface area contributed by atoms with Gasteiger partial charge in [-0.2, -0.15) is 0 Å². The number of hydrogen-bond donors (Lipinski definition) is 2. The van der Waals surface area contributed by atoms with Crippen LogP contribution in [0.15, 0.2) is 55.1 Å². The molecule has 0 aliphatic carbocycles.